The first-order valence-electron chi connectivity index (χ1n) is 5.86. The van der Waals surface area contributed by atoms with Gasteiger partial charge in [0.1, 0.15) is 0 Å². The van der Waals surface area contributed by atoms with Crippen molar-refractivity contribution >= 4 is 11.7 Å². The molecule has 2 saturated carbocycles. The highest BCUT2D eigenvalue weighted by Gasteiger charge is 2.30. The van der Waals surface area contributed by atoms with Gasteiger partial charge in [-0.15, -0.1) is 0 Å². The molecule has 0 heterocycles. The number of nitrogens with one attached hydrogen (secondary N) is 1. The Balaban J connectivity index is 1.90. The summed E-state index contributed by atoms with van der Waals surface area (Å²) in [6.45, 7) is 0. The lowest BCUT2D eigenvalue weighted by molar-refractivity contribution is 0.217. The lowest BCUT2D eigenvalue weighted by Crippen LogP contribution is -2.31. The van der Waals surface area contributed by atoms with E-state index >= 15 is 0 Å². The minimum atomic E-state index is -0.562. The van der Waals surface area contributed by atoms with Crippen LogP contribution in [0, 0.1) is 11.8 Å². The number of carbonyl (C=O) groups is 1. The molecule has 2 aliphatic carbocycles. The normalized spacial score (nSPS) is 33.5. The van der Waals surface area contributed by atoms with Crippen LogP contribution in [0.5, 0.6) is 0 Å². The fourth-order valence-electron chi connectivity index (χ4n) is 2.93. The second-order valence-electron chi connectivity index (χ2n) is 4.70. The van der Waals surface area contributed by atoms with Gasteiger partial charge in [0.15, 0.2) is 0 Å². The van der Waals surface area contributed by atoms with Crippen molar-refractivity contribution in [2.75, 3.05) is 0 Å². The number of hydrogen-bond donors (Lipinski definition) is 2. The summed E-state index contributed by atoms with van der Waals surface area (Å²) in [4.78, 5) is 10.5. The Morgan fingerprint density at radius 1 is 1.27 bits per heavy atom. The smallest absolute Gasteiger partial charge is 0.332 e. The second-order valence-corrected chi connectivity index (χ2v) is 4.70. The van der Waals surface area contributed by atoms with Crippen molar-refractivity contribution in [2.45, 2.75) is 44.9 Å². The third-order valence-electron chi connectivity index (χ3n) is 3.69. The number of nitrogens with two attached hydrogens (primary N) is 1. The summed E-state index contributed by atoms with van der Waals surface area (Å²) in [5.41, 5.74) is 8.44. The Morgan fingerprint density at radius 3 is 2.73 bits per heavy atom. The van der Waals surface area contributed by atoms with Crippen LogP contribution in [0.15, 0.2) is 5.10 Å². The zero-order valence-corrected chi connectivity index (χ0v) is 9.04. The minimum absolute atomic E-state index is 0.562. The largest absolute Gasteiger partial charge is 0.350 e. The summed E-state index contributed by atoms with van der Waals surface area (Å²) in [7, 11) is 0. The number of amides is 2. The molecule has 0 aromatic carbocycles. The van der Waals surface area contributed by atoms with Crippen molar-refractivity contribution in [2.24, 2.45) is 22.7 Å². The molecule has 0 spiro atoms. The number of nitrogens with zero attached hydrogens (tertiary/aromatic N) is 1. The first-order valence-corrected chi connectivity index (χ1v) is 5.86. The fraction of sp³-hybridized carbons (Fsp3) is 0.818. The van der Waals surface area contributed by atoms with Gasteiger partial charge in [-0.3, -0.25) is 0 Å². The SMILES string of the molecule is NC(=O)N/N=C1\CCC2CCCCC2C1. The highest BCUT2D eigenvalue weighted by Crippen LogP contribution is 2.39. The molecule has 2 aliphatic rings. The number of primary amides is 1. The van der Waals surface area contributed by atoms with E-state index in [9.17, 15) is 4.79 Å². The van der Waals surface area contributed by atoms with Gasteiger partial charge in [0.05, 0.1) is 0 Å². The molecule has 2 rings (SSSR count). The van der Waals surface area contributed by atoms with E-state index in [1.165, 1.54) is 32.1 Å². The molecule has 0 saturated heterocycles. The van der Waals surface area contributed by atoms with E-state index in [4.69, 9.17) is 5.73 Å². The van der Waals surface area contributed by atoms with Crippen LogP contribution in [-0.2, 0) is 0 Å². The third-order valence-corrected chi connectivity index (χ3v) is 3.69. The topological polar surface area (TPSA) is 67.5 Å². The Hall–Kier alpha value is -1.06. The summed E-state index contributed by atoms with van der Waals surface area (Å²) < 4.78 is 0. The van der Waals surface area contributed by atoms with Crippen molar-refractivity contribution in [1.29, 1.82) is 0 Å². The molecule has 0 bridgehead atoms. The number of carbonyl (C=O) groups excluding carboxylic acids is 1. The van der Waals surface area contributed by atoms with Gasteiger partial charge >= 0.3 is 6.03 Å². The molecule has 2 unspecified atom stereocenters. The van der Waals surface area contributed by atoms with E-state index in [0.29, 0.717) is 0 Å². The Bertz CT molecular complexity index is 275. The molecule has 2 atom stereocenters. The molecule has 4 nitrogen and oxygen atoms in total. The number of urea groups is 1. The van der Waals surface area contributed by atoms with Crippen LogP contribution < -0.4 is 11.2 Å². The zero-order valence-electron chi connectivity index (χ0n) is 9.04. The average Bonchev–Trinajstić information content (AvgIpc) is 2.26. The summed E-state index contributed by atoms with van der Waals surface area (Å²) in [6.07, 6.45) is 8.81. The second kappa shape index (κ2) is 4.64. The predicted octanol–water partition coefficient (Wildman–Crippen LogP) is 2.00. The van der Waals surface area contributed by atoms with Crippen LogP contribution in [0.3, 0.4) is 0 Å². The Morgan fingerprint density at radius 2 is 2.00 bits per heavy atom. The Labute approximate surface area is 90.3 Å². The molecule has 84 valence electrons. The van der Waals surface area contributed by atoms with Crippen molar-refractivity contribution in [1.82, 2.24) is 5.43 Å². The monoisotopic (exact) mass is 209 g/mol. The van der Waals surface area contributed by atoms with Crippen molar-refractivity contribution in [3.05, 3.63) is 0 Å². The molecular formula is C11H19N3O. The van der Waals surface area contributed by atoms with Crippen LogP contribution in [-0.4, -0.2) is 11.7 Å². The lowest BCUT2D eigenvalue weighted by Gasteiger charge is -2.35. The molecule has 2 fully saturated rings. The maximum absolute atomic E-state index is 10.5. The van der Waals surface area contributed by atoms with Crippen LogP contribution in [0.2, 0.25) is 0 Å². The van der Waals surface area contributed by atoms with Gasteiger partial charge in [0.2, 0.25) is 0 Å². The summed E-state index contributed by atoms with van der Waals surface area (Å²) >= 11 is 0. The van der Waals surface area contributed by atoms with Crippen molar-refractivity contribution in [3.8, 4) is 0 Å². The van der Waals surface area contributed by atoms with Gasteiger partial charge in [0.25, 0.3) is 0 Å². The fourth-order valence-corrected chi connectivity index (χ4v) is 2.93. The van der Waals surface area contributed by atoms with Gasteiger partial charge in [-0.05, 0) is 37.5 Å². The summed E-state index contributed by atoms with van der Waals surface area (Å²) in [6, 6.07) is -0.562. The van der Waals surface area contributed by atoms with Crippen LogP contribution in [0.1, 0.15) is 44.9 Å². The summed E-state index contributed by atoms with van der Waals surface area (Å²) in [5, 5.41) is 4.07. The Kier molecular flexibility index (Phi) is 3.23. The molecule has 3 N–H and O–H groups in total. The van der Waals surface area contributed by atoms with E-state index in [1.807, 2.05) is 0 Å². The molecular weight excluding hydrogens is 190 g/mol. The number of fused-ring (bicyclic) bond motifs is 1. The van der Waals surface area contributed by atoms with Gasteiger partial charge < -0.3 is 5.73 Å². The molecule has 0 aliphatic heterocycles. The first kappa shape index (κ1) is 10.5. The zero-order chi connectivity index (χ0) is 10.7. The van der Waals surface area contributed by atoms with Crippen LogP contribution >= 0.6 is 0 Å². The molecule has 0 aromatic rings. The van der Waals surface area contributed by atoms with E-state index in [2.05, 4.69) is 10.5 Å². The van der Waals surface area contributed by atoms with Gasteiger partial charge in [-0.1, -0.05) is 19.3 Å². The van der Waals surface area contributed by atoms with Crippen molar-refractivity contribution < 1.29 is 4.79 Å². The highest BCUT2D eigenvalue weighted by molar-refractivity contribution is 5.86. The van der Waals surface area contributed by atoms with Gasteiger partial charge in [-0.2, -0.15) is 5.10 Å². The van der Waals surface area contributed by atoms with E-state index < -0.39 is 6.03 Å². The van der Waals surface area contributed by atoms with Crippen LogP contribution in [0.25, 0.3) is 0 Å². The maximum atomic E-state index is 10.5. The molecule has 2 amide bonds. The van der Waals surface area contributed by atoms with Crippen molar-refractivity contribution in [3.63, 3.8) is 0 Å². The maximum Gasteiger partial charge on any atom is 0.332 e. The number of rotatable bonds is 1. The first-order chi connectivity index (χ1) is 7.25. The predicted molar refractivity (Wildman–Crippen MR) is 59.5 cm³/mol. The van der Waals surface area contributed by atoms with E-state index in [-0.39, 0.29) is 0 Å². The molecule has 0 aromatic heterocycles. The minimum Gasteiger partial charge on any atom is -0.350 e. The third kappa shape index (κ3) is 2.70. The van der Waals surface area contributed by atoms with Crippen LogP contribution in [0.4, 0.5) is 4.79 Å². The molecule has 15 heavy (non-hydrogen) atoms. The lowest BCUT2D eigenvalue weighted by atomic mass is 9.70. The molecule has 0 radical (unpaired) electrons. The highest BCUT2D eigenvalue weighted by atomic mass is 16.2. The van der Waals surface area contributed by atoms with E-state index in [1.54, 1.807) is 0 Å². The summed E-state index contributed by atoms with van der Waals surface area (Å²) in [5.74, 6) is 1.72. The van der Waals surface area contributed by atoms with Gasteiger partial charge in [-0.25, -0.2) is 10.2 Å². The van der Waals surface area contributed by atoms with Gasteiger partial charge in [0, 0.05) is 5.71 Å². The van der Waals surface area contributed by atoms with E-state index in [0.717, 1.165) is 30.4 Å². The quantitative estimate of drug-likeness (QED) is 0.637. The average molecular weight is 209 g/mol. The molecule has 4 heteroatoms. The number of hydrogen-bond acceptors (Lipinski definition) is 2. The number of hydrazone groups is 1. The standard InChI is InChI=1S/C11H19N3O/c12-11(15)14-13-10-6-5-8-3-1-2-4-9(8)7-10/h8-9H,1-7H2,(H3,12,14,15)/b13-10+.